The van der Waals surface area contributed by atoms with Gasteiger partial charge in [0.1, 0.15) is 11.8 Å². The van der Waals surface area contributed by atoms with E-state index in [1.54, 1.807) is 19.1 Å². The molecule has 1 unspecified atom stereocenters. The van der Waals surface area contributed by atoms with Crippen LogP contribution in [-0.4, -0.2) is 34.3 Å². The van der Waals surface area contributed by atoms with Crippen molar-refractivity contribution in [2.24, 2.45) is 0 Å². The highest BCUT2D eigenvalue weighted by Gasteiger charge is 2.20. The van der Waals surface area contributed by atoms with Gasteiger partial charge in [-0.15, -0.1) is 6.42 Å². The third-order valence-electron chi connectivity index (χ3n) is 2.58. The maximum atomic E-state index is 11.6. The average molecular weight is 276 g/mol. The van der Waals surface area contributed by atoms with Crippen LogP contribution in [-0.2, 0) is 11.2 Å². The molecule has 1 aromatic rings. The molecule has 0 aromatic heterocycles. The van der Waals surface area contributed by atoms with E-state index in [1.165, 1.54) is 12.1 Å². The number of phenols is 1. The first kappa shape index (κ1) is 15.4. The topological polar surface area (TPSA) is 98.7 Å². The predicted molar refractivity (Wildman–Crippen MR) is 73.2 cm³/mol. The van der Waals surface area contributed by atoms with Gasteiger partial charge in [-0.1, -0.05) is 18.1 Å². The van der Waals surface area contributed by atoms with Gasteiger partial charge in [-0.2, -0.15) is 0 Å². The zero-order chi connectivity index (χ0) is 15.1. The zero-order valence-corrected chi connectivity index (χ0v) is 11.0. The molecule has 6 nitrogen and oxygen atoms in total. The molecule has 0 aliphatic heterocycles. The summed E-state index contributed by atoms with van der Waals surface area (Å²) >= 11 is 0. The van der Waals surface area contributed by atoms with Crippen molar-refractivity contribution in [2.75, 3.05) is 0 Å². The van der Waals surface area contributed by atoms with Gasteiger partial charge in [-0.3, -0.25) is 0 Å². The maximum Gasteiger partial charge on any atom is 0.326 e. The highest BCUT2D eigenvalue weighted by molar-refractivity contribution is 5.83. The Morgan fingerprint density at radius 3 is 2.40 bits per heavy atom. The Balaban J connectivity index is 2.66. The Morgan fingerprint density at radius 2 is 1.90 bits per heavy atom. The molecule has 0 saturated heterocycles. The second kappa shape index (κ2) is 7.04. The molecule has 0 aliphatic carbocycles. The number of urea groups is 1. The summed E-state index contributed by atoms with van der Waals surface area (Å²) in [5, 5.41) is 23.0. The van der Waals surface area contributed by atoms with E-state index < -0.39 is 24.1 Å². The fourth-order valence-electron chi connectivity index (χ4n) is 1.51. The summed E-state index contributed by atoms with van der Waals surface area (Å²) in [7, 11) is 0. The lowest BCUT2D eigenvalue weighted by Crippen LogP contribution is -2.49. The van der Waals surface area contributed by atoms with Gasteiger partial charge in [0.15, 0.2) is 0 Å². The van der Waals surface area contributed by atoms with Gasteiger partial charge in [0.05, 0.1) is 6.04 Å². The monoisotopic (exact) mass is 276 g/mol. The van der Waals surface area contributed by atoms with Crippen LogP contribution in [0.3, 0.4) is 0 Å². The number of terminal acetylenes is 1. The molecular formula is C14H16N2O4. The summed E-state index contributed by atoms with van der Waals surface area (Å²) in [4.78, 5) is 22.7. The van der Waals surface area contributed by atoms with Crippen LogP contribution in [0.15, 0.2) is 24.3 Å². The number of nitrogens with one attached hydrogen (secondary N) is 2. The second-order valence-electron chi connectivity index (χ2n) is 4.27. The van der Waals surface area contributed by atoms with Gasteiger partial charge < -0.3 is 20.8 Å². The van der Waals surface area contributed by atoms with E-state index in [9.17, 15) is 9.59 Å². The Kier molecular flexibility index (Phi) is 5.42. The summed E-state index contributed by atoms with van der Waals surface area (Å²) in [5.41, 5.74) is 0.681. The number of hydrogen-bond acceptors (Lipinski definition) is 3. The largest absolute Gasteiger partial charge is 0.508 e. The third kappa shape index (κ3) is 4.90. The Morgan fingerprint density at radius 1 is 1.30 bits per heavy atom. The molecule has 1 aromatic carbocycles. The highest BCUT2D eigenvalue weighted by atomic mass is 16.4. The van der Waals surface area contributed by atoms with E-state index in [1.807, 2.05) is 0 Å². The van der Waals surface area contributed by atoms with Crippen molar-refractivity contribution >= 4 is 12.0 Å². The molecule has 0 radical (unpaired) electrons. The first-order chi connectivity index (χ1) is 9.42. The maximum absolute atomic E-state index is 11.6. The molecule has 4 N–H and O–H groups in total. The molecule has 6 heteroatoms. The Labute approximate surface area is 116 Å². The van der Waals surface area contributed by atoms with E-state index in [2.05, 4.69) is 16.6 Å². The molecule has 20 heavy (non-hydrogen) atoms. The predicted octanol–water partition coefficient (Wildman–Crippen LogP) is 0.709. The molecule has 0 fully saturated rings. The number of carboxylic acids is 1. The smallest absolute Gasteiger partial charge is 0.326 e. The van der Waals surface area contributed by atoms with E-state index in [-0.39, 0.29) is 12.2 Å². The van der Waals surface area contributed by atoms with E-state index in [0.29, 0.717) is 5.56 Å². The number of aliphatic carboxylic acids is 1. The molecular weight excluding hydrogens is 260 g/mol. The molecule has 0 saturated carbocycles. The second-order valence-corrected chi connectivity index (χ2v) is 4.27. The Bertz CT molecular complexity index is 519. The van der Waals surface area contributed by atoms with Crippen LogP contribution >= 0.6 is 0 Å². The molecule has 106 valence electrons. The van der Waals surface area contributed by atoms with Crippen LogP contribution in [0, 0.1) is 12.3 Å². The first-order valence-corrected chi connectivity index (χ1v) is 5.96. The van der Waals surface area contributed by atoms with E-state index in [4.69, 9.17) is 16.6 Å². The third-order valence-corrected chi connectivity index (χ3v) is 2.58. The zero-order valence-electron chi connectivity index (χ0n) is 11.0. The van der Waals surface area contributed by atoms with Gasteiger partial charge in [-0.25, -0.2) is 9.59 Å². The minimum absolute atomic E-state index is 0.0918. The molecule has 0 spiro atoms. The lowest BCUT2D eigenvalue weighted by Gasteiger charge is -2.16. The minimum Gasteiger partial charge on any atom is -0.508 e. The standard InChI is InChI=1S/C14H16N2O4/c1-3-9(2)15-14(20)16-12(13(18)19)8-10-4-6-11(17)7-5-10/h1,4-7,9,12,17H,8H2,2H3,(H,18,19)(H2,15,16,20)/t9?,12-/m1/s1. The van der Waals surface area contributed by atoms with Crippen LogP contribution in [0.5, 0.6) is 5.75 Å². The number of carbonyl (C=O) groups is 2. The molecule has 1 rings (SSSR count). The van der Waals surface area contributed by atoms with Crippen molar-refractivity contribution in [2.45, 2.75) is 25.4 Å². The summed E-state index contributed by atoms with van der Waals surface area (Å²) < 4.78 is 0. The van der Waals surface area contributed by atoms with Crippen LogP contribution in [0.25, 0.3) is 0 Å². The lowest BCUT2D eigenvalue weighted by atomic mass is 10.1. The number of rotatable bonds is 5. The van der Waals surface area contributed by atoms with E-state index in [0.717, 1.165) is 0 Å². The van der Waals surface area contributed by atoms with Crippen molar-refractivity contribution in [3.8, 4) is 18.1 Å². The number of hydrogen-bond donors (Lipinski definition) is 4. The van der Waals surface area contributed by atoms with Gasteiger partial charge in [0.25, 0.3) is 0 Å². The summed E-state index contributed by atoms with van der Waals surface area (Å²) in [6, 6.07) is 3.89. The Hall–Kier alpha value is -2.68. The SMILES string of the molecule is C#CC(C)NC(=O)N[C@H](Cc1ccc(O)cc1)C(=O)O. The van der Waals surface area contributed by atoms with Crippen LogP contribution in [0.2, 0.25) is 0 Å². The minimum atomic E-state index is -1.15. The molecule has 2 atom stereocenters. The van der Waals surface area contributed by atoms with Crippen LogP contribution in [0.4, 0.5) is 4.79 Å². The molecule has 2 amide bonds. The average Bonchev–Trinajstić information content (AvgIpc) is 2.40. The molecule has 0 bridgehead atoms. The number of amides is 2. The van der Waals surface area contributed by atoms with E-state index >= 15 is 0 Å². The van der Waals surface area contributed by atoms with Crippen molar-refractivity contribution in [3.05, 3.63) is 29.8 Å². The van der Waals surface area contributed by atoms with Gasteiger partial charge in [-0.05, 0) is 24.6 Å². The van der Waals surface area contributed by atoms with Crippen molar-refractivity contribution in [3.63, 3.8) is 0 Å². The summed E-state index contributed by atoms with van der Waals surface area (Å²) in [5.74, 6) is 1.25. The van der Waals surface area contributed by atoms with Crippen molar-refractivity contribution in [1.29, 1.82) is 0 Å². The van der Waals surface area contributed by atoms with Crippen molar-refractivity contribution < 1.29 is 19.8 Å². The number of carboxylic acid groups (broad SMARTS) is 1. The molecule has 0 aliphatic rings. The van der Waals surface area contributed by atoms with Crippen LogP contribution < -0.4 is 10.6 Å². The number of carbonyl (C=O) groups excluding carboxylic acids is 1. The van der Waals surface area contributed by atoms with Gasteiger partial charge >= 0.3 is 12.0 Å². The first-order valence-electron chi connectivity index (χ1n) is 5.96. The highest BCUT2D eigenvalue weighted by Crippen LogP contribution is 2.11. The fourth-order valence-corrected chi connectivity index (χ4v) is 1.51. The van der Waals surface area contributed by atoms with Crippen LogP contribution in [0.1, 0.15) is 12.5 Å². The van der Waals surface area contributed by atoms with Crippen molar-refractivity contribution in [1.82, 2.24) is 10.6 Å². The number of aromatic hydroxyl groups is 1. The fraction of sp³-hybridized carbons (Fsp3) is 0.286. The molecule has 0 heterocycles. The number of benzene rings is 1. The normalized spacial score (nSPS) is 12.8. The summed E-state index contributed by atoms with van der Waals surface area (Å²) in [6.07, 6.45) is 5.22. The van der Waals surface area contributed by atoms with Gasteiger partial charge in [0, 0.05) is 6.42 Å². The lowest BCUT2D eigenvalue weighted by molar-refractivity contribution is -0.139. The quantitative estimate of drug-likeness (QED) is 0.595. The summed E-state index contributed by atoms with van der Waals surface area (Å²) in [6.45, 7) is 1.61. The number of phenolic OH excluding ortho intramolecular Hbond substituents is 1. The van der Waals surface area contributed by atoms with Gasteiger partial charge in [0.2, 0.25) is 0 Å².